The van der Waals surface area contributed by atoms with E-state index in [1.165, 1.54) is 0 Å². The minimum absolute atomic E-state index is 0.198. The Labute approximate surface area is 104 Å². The normalized spacial score (nSPS) is 10.3. The average molecular weight is 246 g/mol. The monoisotopic (exact) mass is 246 g/mol. The first kappa shape index (κ1) is 12.2. The predicted molar refractivity (Wildman–Crippen MR) is 65.9 cm³/mol. The summed E-state index contributed by atoms with van der Waals surface area (Å²) < 4.78 is 5.23. The molecule has 2 rings (SSSR count). The first-order valence-electron chi connectivity index (χ1n) is 5.54. The van der Waals surface area contributed by atoms with Gasteiger partial charge in [0.25, 0.3) is 5.91 Å². The van der Waals surface area contributed by atoms with Gasteiger partial charge in [0.1, 0.15) is 11.5 Å². The summed E-state index contributed by atoms with van der Waals surface area (Å²) >= 11 is 0. The minimum atomic E-state index is -0.289. The Bertz CT molecular complexity index is 531. The van der Waals surface area contributed by atoms with Crippen LogP contribution in [0.15, 0.2) is 40.8 Å². The number of furan rings is 1. The maximum Gasteiger partial charge on any atom is 0.287 e. The smallest absolute Gasteiger partial charge is 0.287 e. The van der Waals surface area contributed by atoms with E-state index in [2.05, 4.69) is 5.32 Å². The highest BCUT2D eigenvalue weighted by molar-refractivity contribution is 5.91. The third-order valence-corrected chi connectivity index (χ3v) is 2.48. The van der Waals surface area contributed by atoms with Crippen molar-refractivity contribution in [3.63, 3.8) is 0 Å². The van der Waals surface area contributed by atoms with Crippen LogP contribution in [0.5, 0.6) is 5.75 Å². The zero-order valence-electron chi connectivity index (χ0n) is 9.72. The van der Waals surface area contributed by atoms with Gasteiger partial charge in [-0.05, 0) is 29.8 Å². The van der Waals surface area contributed by atoms with Gasteiger partial charge < -0.3 is 20.6 Å². The molecule has 0 fully saturated rings. The number of nitrogens with one attached hydrogen (secondary N) is 1. The van der Waals surface area contributed by atoms with Crippen LogP contribution in [-0.2, 0) is 13.1 Å². The van der Waals surface area contributed by atoms with Crippen molar-refractivity contribution in [3.05, 3.63) is 53.5 Å². The van der Waals surface area contributed by atoms with Crippen molar-refractivity contribution in [2.45, 2.75) is 13.1 Å². The van der Waals surface area contributed by atoms with Crippen LogP contribution in [0.4, 0.5) is 0 Å². The number of carbonyl (C=O) groups excluding carboxylic acids is 1. The molecule has 0 bridgehead atoms. The van der Waals surface area contributed by atoms with E-state index >= 15 is 0 Å². The van der Waals surface area contributed by atoms with Crippen molar-refractivity contribution in [2.75, 3.05) is 0 Å². The van der Waals surface area contributed by atoms with E-state index in [4.69, 9.17) is 15.3 Å². The van der Waals surface area contributed by atoms with Gasteiger partial charge in [-0.25, -0.2) is 0 Å². The lowest BCUT2D eigenvalue weighted by Crippen LogP contribution is -2.22. The van der Waals surface area contributed by atoms with Gasteiger partial charge in [0.15, 0.2) is 5.76 Å². The zero-order valence-corrected chi connectivity index (χ0v) is 9.72. The molecule has 5 nitrogen and oxygen atoms in total. The molecule has 0 radical (unpaired) electrons. The Balaban J connectivity index is 1.93. The molecule has 2 aromatic rings. The standard InChI is InChI=1S/C13H14N2O3/c14-7-11-5-6-12(18-11)13(17)15-8-9-1-3-10(16)4-2-9/h1-6,16H,7-8,14H2,(H,15,17). The highest BCUT2D eigenvalue weighted by Crippen LogP contribution is 2.10. The van der Waals surface area contributed by atoms with Crippen LogP contribution < -0.4 is 11.1 Å². The van der Waals surface area contributed by atoms with Gasteiger partial charge in [-0.2, -0.15) is 0 Å². The van der Waals surface area contributed by atoms with E-state index < -0.39 is 0 Å². The molecule has 0 unspecified atom stereocenters. The summed E-state index contributed by atoms with van der Waals surface area (Å²) in [5, 5.41) is 11.8. The van der Waals surface area contributed by atoms with Gasteiger partial charge >= 0.3 is 0 Å². The second-order valence-electron chi connectivity index (χ2n) is 3.82. The summed E-state index contributed by atoms with van der Waals surface area (Å²) in [6.07, 6.45) is 0. The first-order valence-corrected chi connectivity index (χ1v) is 5.54. The second kappa shape index (κ2) is 5.37. The highest BCUT2D eigenvalue weighted by Gasteiger charge is 2.09. The number of carbonyl (C=O) groups is 1. The number of amides is 1. The average Bonchev–Trinajstić information content (AvgIpc) is 2.86. The molecule has 0 spiro atoms. The van der Waals surface area contributed by atoms with Crippen LogP contribution in [0, 0.1) is 0 Å². The Hall–Kier alpha value is -2.27. The van der Waals surface area contributed by atoms with Crippen molar-refractivity contribution >= 4 is 5.91 Å². The molecular weight excluding hydrogens is 232 g/mol. The summed E-state index contributed by atoms with van der Waals surface area (Å²) in [6, 6.07) is 9.89. The molecule has 0 aliphatic rings. The van der Waals surface area contributed by atoms with E-state index in [0.29, 0.717) is 12.3 Å². The Kier molecular flexibility index (Phi) is 3.64. The van der Waals surface area contributed by atoms with Crippen molar-refractivity contribution < 1.29 is 14.3 Å². The number of benzene rings is 1. The van der Waals surface area contributed by atoms with E-state index in [0.717, 1.165) is 5.56 Å². The molecule has 1 heterocycles. The van der Waals surface area contributed by atoms with Crippen molar-refractivity contribution in [1.29, 1.82) is 0 Å². The fraction of sp³-hybridized carbons (Fsp3) is 0.154. The second-order valence-corrected chi connectivity index (χ2v) is 3.82. The van der Waals surface area contributed by atoms with Gasteiger partial charge in [-0.15, -0.1) is 0 Å². The molecule has 0 saturated heterocycles. The fourth-order valence-corrected chi connectivity index (χ4v) is 1.49. The van der Waals surface area contributed by atoms with Crippen LogP contribution >= 0.6 is 0 Å². The number of hydrogen-bond donors (Lipinski definition) is 3. The zero-order chi connectivity index (χ0) is 13.0. The van der Waals surface area contributed by atoms with Crippen molar-refractivity contribution in [2.24, 2.45) is 5.73 Å². The highest BCUT2D eigenvalue weighted by atomic mass is 16.4. The molecule has 5 heteroatoms. The first-order chi connectivity index (χ1) is 8.69. The van der Waals surface area contributed by atoms with Gasteiger partial charge in [0, 0.05) is 6.54 Å². The third-order valence-electron chi connectivity index (χ3n) is 2.48. The Morgan fingerprint density at radius 2 is 1.94 bits per heavy atom. The number of hydrogen-bond acceptors (Lipinski definition) is 4. The van der Waals surface area contributed by atoms with E-state index in [1.54, 1.807) is 36.4 Å². The molecule has 1 aromatic carbocycles. The molecule has 0 aliphatic heterocycles. The third kappa shape index (κ3) is 2.89. The molecule has 94 valence electrons. The maximum atomic E-state index is 11.7. The SMILES string of the molecule is NCc1ccc(C(=O)NCc2ccc(O)cc2)o1. The topological polar surface area (TPSA) is 88.5 Å². The minimum Gasteiger partial charge on any atom is -0.508 e. The summed E-state index contributed by atoms with van der Waals surface area (Å²) in [4.78, 5) is 11.7. The van der Waals surface area contributed by atoms with Crippen LogP contribution in [0.2, 0.25) is 0 Å². The van der Waals surface area contributed by atoms with Crippen LogP contribution in [0.1, 0.15) is 21.9 Å². The van der Waals surface area contributed by atoms with Crippen molar-refractivity contribution in [3.8, 4) is 5.75 Å². The lowest BCUT2D eigenvalue weighted by Gasteiger charge is -2.03. The molecular formula is C13H14N2O3. The van der Waals surface area contributed by atoms with Gasteiger partial charge in [-0.3, -0.25) is 4.79 Å². The van der Waals surface area contributed by atoms with E-state index in [1.807, 2.05) is 0 Å². The van der Waals surface area contributed by atoms with Crippen LogP contribution in [-0.4, -0.2) is 11.0 Å². The number of aromatic hydroxyl groups is 1. The molecule has 1 amide bonds. The number of phenolic OH excluding ortho intramolecular Hbond substituents is 1. The number of phenols is 1. The summed E-state index contributed by atoms with van der Waals surface area (Å²) in [6.45, 7) is 0.642. The van der Waals surface area contributed by atoms with Crippen LogP contribution in [0.25, 0.3) is 0 Å². The lowest BCUT2D eigenvalue weighted by atomic mass is 10.2. The van der Waals surface area contributed by atoms with Crippen LogP contribution in [0.3, 0.4) is 0 Å². The fourth-order valence-electron chi connectivity index (χ4n) is 1.49. The summed E-state index contributed by atoms with van der Waals surface area (Å²) in [5.41, 5.74) is 6.29. The van der Waals surface area contributed by atoms with E-state index in [-0.39, 0.29) is 24.0 Å². The molecule has 0 saturated carbocycles. The van der Waals surface area contributed by atoms with Crippen molar-refractivity contribution in [1.82, 2.24) is 5.32 Å². The number of rotatable bonds is 4. The summed E-state index contributed by atoms with van der Waals surface area (Å²) in [5.74, 6) is 0.727. The van der Waals surface area contributed by atoms with Gasteiger partial charge in [0.2, 0.25) is 0 Å². The predicted octanol–water partition coefficient (Wildman–Crippen LogP) is 1.37. The molecule has 4 N–H and O–H groups in total. The molecule has 1 aromatic heterocycles. The largest absolute Gasteiger partial charge is 0.508 e. The Morgan fingerprint density at radius 1 is 1.22 bits per heavy atom. The van der Waals surface area contributed by atoms with E-state index in [9.17, 15) is 4.79 Å². The lowest BCUT2D eigenvalue weighted by molar-refractivity contribution is 0.0921. The maximum absolute atomic E-state index is 11.7. The summed E-state index contributed by atoms with van der Waals surface area (Å²) in [7, 11) is 0. The Morgan fingerprint density at radius 3 is 2.56 bits per heavy atom. The van der Waals surface area contributed by atoms with Gasteiger partial charge in [0.05, 0.1) is 6.54 Å². The molecule has 0 atom stereocenters. The van der Waals surface area contributed by atoms with Gasteiger partial charge in [-0.1, -0.05) is 12.1 Å². The molecule has 0 aliphatic carbocycles. The quantitative estimate of drug-likeness (QED) is 0.760. The molecule has 18 heavy (non-hydrogen) atoms. The number of nitrogens with two attached hydrogens (primary N) is 1.